The van der Waals surface area contributed by atoms with Crippen LogP contribution >= 0.6 is 0 Å². The number of carbonyl (C=O) groups is 1. The molecule has 5 rings (SSSR count). The normalized spacial score (nSPS) is 22.0. The molecule has 0 radical (unpaired) electrons. The first-order valence-corrected chi connectivity index (χ1v) is 8.73. The molecule has 2 aliphatic rings. The summed E-state index contributed by atoms with van der Waals surface area (Å²) in [5, 5.41) is 7.62. The Kier molecular flexibility index (Phi) is 3.31. The first kappa shape index (κ1) is 15.1. The Balaban J connectivity index is 1.58. The molecule has 1 N–H and O–H groups in total. The van der Waals surface area contributed by atoms with Gasteiger partial charge in [-0.15, -0.1) is 0 Å². The SMILES string of the molecule is Cc1ccc(C2CC(=O)C3=C(C2)Nc2ncnn2C3c2ccco2)cc1. The second kappa shape index (κ2) is 5.69. The topological polar surface area (TPSA) is 73.0 Å². The number of fused-ring (bicyclic) bond motifs is 1. The number of carbonyl (C=O) groups excluding carboxylic acids is 1. The molecule has 1 aromatic carbocycles. The number of hydrogen-bond donors (Lipinski definition) is 1. The van der Waals surface area contributed by atoms with Crippen molar-refractivity contribution in [2.24, 2.45) is 0 Å². The molecule has 3 heterocycles. The van der Waals surface area contributed by atoms with Crippen LogP contribution in [0, 0.1) is 6.92 Å². The molecule has 26 heavy (non-hydrogen) atoms. The Hall–Kier alpha value is -3.15. The predicted octanol–water partition coefficient (Wildman–Crippen LogP) is 3.60. The molecule has 0 fully saturated rings. The van der Waals surface area contributed by atoms with E-state index in [2.05, 4.69) is 46.6 Å². The highest BCUT2D eigenvalue weighted by Crippen LogP contribution is 2.43. The molecule has 3 aromatic rings. The van der Waals surface area contributed by atoms with Gasteiger partial charge in [-0.25, -0.2) is 4.68 Å². The summed E-state index contributed by atoms with van der Waals surface area (Å²) in [7, 11) is 0. The lowest BCUT2D eigenvalue weighted by Crippen LogP contribution is -2.33. The standard InChI is InChI=1S/C20H18N4O2/c1-12-4-6-13(7-5-12)14-9-15-18(16(25)10-14)19(17-3-2-8-26-17)24-20(23-15)21-11-22-24/h2-8,11,14,19H,9-10H2,1H3,(H,21,22,23). The van der Waals surface area contributed by atoms with E-state index in [0.717, 1.165) is 17.7 Å². The lowest BCUT2D eigenvalue weighted by Gasteiger charge is -2.34. The van der Waals surface area contributed by atoms with Crippen LogP contribution in [0.15, 0.2) is 64.7 Å². The van der Waals surface area contributed by atoms with Crippen molar-refractivity contribution in [2.45, 2.75) is 31.7 Å². The number of Topliss-reactive ketones (excluding diaryl/α,β-unsaturated/α-hetero) is 1. The van der Waals surface area contributed by atoms with E-state index < -0.39 is 0 Å². The summed E-state index contributed by atoms with van der Waals surface area (Å²) in [5.41, 5.74) is 4.08. The molecule has 2 atom stereocenters. The summed E-state index contributed by atoms with van der Waals surface area (Å²) in [5.74, 6) is 1.64. The summed E-state index contributed by atoms with van der Waals surface area (Å²) < 4.78 is 7.34. The lowest BCUT2D eigenvalue weighted by molar-refractivity contribution is -0.116. The van der Waals surface area contributed by atoms with Gasteiger partial charge in [-0.05, 0) is 37.0 Å². The summed E-state index contributed by atoms with van der Waals surface area (Å²) in [6.45, 7) is 2.07. The van der Waals surface area contributed by atoms with E-state index in [1.165, 1.54) is 17.5 Å². The van der Waals surface area contributed by atoms with Gasteiger partial charge in [0.2, 0.25) is 5.95 Å². The van der Waals surface area contributed by atoms with E-state index >= 15 is 0 Å². The van der Waals surface area contributed by atoms with Crippen LogP contribution in [0.4, 0.5) is 5.95 Å². The minimum absolute atomic E-state index is 0.131. The predicted molar refractivity (Wildman–Crippen MR) is 95.7 cm³/mol. The third kappa shape index (κ3) is 2.29. The maximum Gasteiger partial charge on any atom is 0.226 e. The zero-order valence-corrected chi connectivity index (χ0v) is 14.3. The number of allylic oxidation sites excluding steroid dienone is 2. The molecule has 0 saturated carbocycles. The number of nitrogens with zero attached hydrogens (tertiary/aromatic N) is 3. The average Bonchev–Trinajstić information content (AvgIpc) is 3.32. The quantitative estimate of drug-likeness (QED) is 0.767. The summed E-state index contributed by atoms with van der Waals surface area (Å²) in [6.07, 6.45) is 4.38. The van der Waals surface area contributed by atoms with Crippen molar-refractivity contribution in [3.8, 4) is 0 Å². The molecule has 1 aliphatic carbocycles. The van der Waals surface area contributed by atoms with Gasteiger partial charge in [-0.2, -0.15) is 10.1 Å². The largest absolute Gasteiger partial charge is 0.467 e. The number of ketones is 1. The zero-order chi connectivity index (χ0) is 17.7. The van der Waals surface area contributed by atoms with Crippen LogP contribution in [0.3, 0.4) is 0 Å². The molecule has 1 aliphatic heterocycles. The maximum absolute atomic E-state index is 13.1. The first-order valence-electron chi connectivity index (χ1n) is 8.73. The van der Waals surface area contributed by atoms with Gasteiger partial charge in [-0.3, -0.25) is 4.79 Å². The highest BCUT2D eigenvalue weighted by molar-refractivity contribution is 6.00. The number of benzene rings is 1. The first-order chi connectivity index (χ1) is 12.7. The van der Waals surface area contributed by atoms with Crippen molar-refractivity contribution in [1.29, 1.82) is 0 Å². The Labute approximate surface area is 150 Å². The van der Waals surface area contributed by atoms with Gasteiger partial charge in [-0.1, -0.05) is 29.8 Å². The molecule has 6 heteroatoms. The number of hydrogen-bond acceptors (Lipinski definition) is 5. The van der Waals surface area contributed by atoms with E-state index in [4.69, 9.17) is 4.42 Å². The van der Waals surface area contributed by atoms with E-state index in [0.29, 0.717) is 18.1 Å². The monoisotopic (exact) mass is 346 g/mol. The molecular weight excluding hydrogens is 328 g/mol. The van der Waals surface area contributed by atoms with E-state index in [1.807, 2.05) is 12.1 Å². The Morgan fingerprint density at radius 2 is 2.04 bits per heavy atom. The molecule has 2 aromatic heterocycles. The zero-order valence-electron chi connectivity index (χ0n) is 14.3. The summed E-state index contributed by atoms with van der Waals surface area (Å²) >= 11 is 0. The number of aromatic nitrogens is 3. The van der Waals surface area contributed by atoms with Gasteiger partial charge in [0.05, 0.1) is 6.26 Å². The van der Waals surface area contributed by atoms with Gasteiger partial charge < -0.3 is 9.73 Å². The van der Waals surface area contributed by atoms with Crippen LogP contribution in [-0.2, 0) is 4.79 Å². The lowest BCUT2D eigenvalue weighted by atomic mass is 9.78. The highest BCUT2D eigenvalue weighted by Gasteiger charge is 2.40. The van der Waals surface area contributed by atoms with Gasteiger partial charge >= 0.3 is 0 Å². The number of nitrogens with one attached hydrogen (secondary N) is 1. The highest BCUT2D eigenvalue weighted by atomic mass is 16.3. The van der Waals surface area contributed by atoms with Crippen molar-refractivity contribution in [3.63, 3.8) is 0 Å². The minimum atomic E-state index is -0.356. The van der Waals surface area contributed by atoms with Crippen LogP contribution in [0.1, 0.15) is 41.7 Å². The molecule has 0 saturated heterocycles. The molecule has 0 bridgehead atoms. The van der Waals surface area contributed by atoms with Crippen LogP contribution in [0.2, 0.25) is 0 Å². The third-order valence-electron chi connectivity index (χ3n) is 5.22. The molecule has 6 nitrogen and oxygen atoms in total. The Bertz CT molecular complexity index is 999. The van der Waals surface area contributed by atoms with Gasteiger partial charge in [0.1, 0.15) is 18.1 Å². The fourth-order valence-electron chi connectivity index (χ4n) is 3.94. The second-order valence-corrected chi connectivity index (χ2v) is 6.90. The Morgan fingerprint density at radius 3 is 2.81 bits per heavy atom. The fraction of sp³-hybridized carbons (Fsp3) is 0.250. The van der Waals surface area contributed by atoms with Crippen LogP contribution in [0.5, 0.6) is 0 Å². The van der Waals surface area contributed by atoms with Gasteiger partial charge in [0, 0.05) is 17.7 Å². The molecule has 0 spiro atoms. The molecule has 0 amide bonds. The summed E-state index contributed by atoms with van der Waals surface area (Å²) in [4.78, 5) is 17.4. The average molecular weight is 346 g/mol. The van der Waals surface area contributed by atoms with Gasteiger partial charge in [0.25, 0.3) is 0 Å². The van der Waals surface area contributed by atoms with E-state index in [1.54, 1.807) is 10.9 Å². The number of rotatable bonds is 2. The number of aryl methyl sites for hydroxylation is 1. The fourth-order valence-corrected chi connectivity index (χ4v) is 3.94. The van der Waals surface area contributed by atoms with Crippen LogP contribution < -0.4 is 5.32 Å². The molecular formula is C20H18N4O2. The minimum Gasteiger partial charge on any atom is -0.467 e. The molecule has 2 unspecified atom stereocenters. The molecule has 130 valence electrons. The third-order valence-corrected chi connectivity index (χ3v) is 5.22. The van der Waals surface area contributed by atoms with Crippen molar-refractivity contribution >= 4 is 11.7 Å². The second-order valence-electron chi connectivity index (χ2n) is 6.90. The van der Waals surface area contributed by atoms with Gasteiger partial charge in [0.15, 0.2) is 5.78 Å². The van der Waals surface area contributed by atoms with E-state index in [9.17, 15) is 4.79 Å². The van der Waals surface area contributed by atoms with Crippen molar-refractivity contribution < 1.29 is 9.21 Å². The van der Waals surface area contributed by atoms with Crippen LogP contribution in [0.25, 0.3) is 0 Å². The van der Waals surface area contributed by atoms with Crippen LogP contribution in [-0.4, -0.2) is 20.5 Å². The van der Waals surface area contributed by atoms with Crippen molar-refractivity contribution in [3.05, 3.63) is 77.1 Å². The number of furan rings is 1. The van der Waals surface area contributed by atoms with Crippen molar-refractivity contribution in [1.82, 2.24) is 14.8 Å². The van der Waals surface area contributed by atoms with Crippen molar-refractivity contribution in [2.75, 3.05) is 5.32 Å². The van der Waals surface area contributed by atoms with E-state index in [-0.39, 0.29) is 17.7 Å². The maximum atomic E-state index is 13.1. The Morgan fingerprint density at radius 1 is 1.19 bits per heavy atom. The summed E-state index contributed by atoms with van der Waals surface area (Å²) in [6, 6.07) is 11.8. The smallest absolute Gasteiger partial charge is 0.226 e. The number of anilines is 1.